The fourth-order valence-corrected chi connectivity index (χ4v) is 2.70. The monoisotopic (exact) mass is 353 g/mol. The smallest absolute Gasteiger partial charge is 0.407 e. The van der Waals surface area contributed by atoms with E-state index in [1.54, 1.807) is 6.92 Å². The van der Waals surface area contributed by atoms with Crippen LogP contribution in [0, 0.1) is 0 Å². The highest BCUT2D eigenvalue weighted by molar-refractivity contribution is 5.85. The molecule has 5 nitrogen and oxygen atoms in total. The maximum Gasteiger partial charge on any atom is 0.407 e. The number of esters is 1. The number of nitrogens with one attached hydrogen (secondary N) is 1. The zero-order valence-electron chi connectivity index (χ0n) is 15.1. The lowest BCUT2D eigenvalue weighted by Crippen LogP contribution is -2.23. The predicted octanol–water partition coefficient (Wildman–Crippen LogP) is 4.10. The van der Waals surface area contributed by atoms with E-state index >= 15 is 0 Å². The minimum Gasteiger partial charge on any atom is -0.450 e. The van der Waals surface area contributed by atoms with Crippen LogP contribution >= 0.6 is 0 Å². The van der Waals surface area contributed by atoms with Gasteiger partial charge < -0.3 is 14.8 Å². The van der Waals surface area contributed by atoms with Gasteiger partial charge in [0, 0.05) is 24.6 Å². The normalized spacial score (nSPS) is 10.5. The number of benzene rings is 2. The third kappa shape index (κ3) is 4.72. The van der Waals surface area contributed by atoms with E-state index in [2.05, 4.69) is 34.8 Å². The molecule has 3 rings (SSSR count). The van der Waals surface area contributed by atoms with E-state index in [9.17, 15) is 9.59 Å². The van der Waals surface area contributed by atoms with Crippen LogP contribution in [0.3, 0.4) is 0 Å². The van der Waals surface area contributed by atoms with Crippen LogP contribution in [0.2, 0.25) is 0 Å². The van der Waals surface area contributed by atoms with Gasteiger partial charge in [0.25, 0.3) is 0 Å². The molecule has 0 atom stereocenters. The number of hydrogen-bond donors (Lipinski definition) is 1. The van der Waals surface area contributed by atoms with E-state index in [4.69, 9.17) is 4.74 Å². The van der Waals surface area contributed by atoms with Gasteiger partial charge in [-0.2, -0.15) is 0 Å². The van der Waals surface area contributed by atoms with Gasteiger partial charge in [-0.25, -0.2) is 9.59 Å². The summed E-state index contributed by atoms with van der Waals surface area (Å²) in [4.78, 5) is 21.6. The third-order valence-electron chi connectivity index (χ3n) is 3.78. The zero-order chi connectivity index (χ0) is 18.9. The first-order valence-electron chi connectivity index (χ1n) is 8.55. The first-order valence-corrected chi connectivity index (χ1v) is 8.55. The molecule has 2 aromatic rings. The van der Waals surface area contributed by atoms with Gasteiger partial charge in [-0.05, 0) is 36.6 Å². The third-order valence-corrected chi connectivity index (χ3v) is 3.78. The minimum absolute atomic E-state index is 0.338. The van der Waals surface area contributed by atoms with Gasteiger partial charge in [0.1, 0.15) is 5.75 Å². The van der Waals surface area contributed by atoms with Crippen LogP contribution in [0.1, 0.15) is 25.0 Å². The summed E-state index contributed by atoms with van der Waals surface area (Å²) in [5, 5.41) is 2.49. The second-order valence-electron chi connectivity index (χ2n) is 5.49. The Hall–Kier alpha value is -3.08. The Labute approximate surface area is 153 Å². The van der Waals surface area contributed by atoms with Crippen molar-refractivity contribution in [1.82, 2.24) is 5.32 Å². The number of amides is 1. The molecule has 0 heterocycles. The first-order chi connectivity index (χ1) is 12.6. The fourth-order valence-electron chi connectivity index (χ4n) is 2.70. The number of fused-ring (bicyclic) bond motifs is 3. The second-order valence-corrected chi connectivity index (χ2v) is 5.49. The molecule has 0 fully saturated rings. The van der Waals surface area contributed by atoms with Crippen molar-refractivity contribution in [1.29, 1.82) is 0 Å². The fraction of sp³-hybridized carbons (Fsp3) is 0.238. The van der Waals surface area contributed by atoms with Crippen LogP contribution in [-0.2, 0) is 16.0 Å². The Bertz CT molecular complexity index is 790. The van der Waals surface area contributed by atoms with Crippen molar-refractivity contribution in [3.05, 3.63) is 66.2 Å². The van der Waals surface area contributed by atoms with Gasteiger partial charge in [0.15, 0.2) is 0 Å². The zero-order valence-corrected chi connectivity index (χ0v) is 15.1. The summed E-state index contributed by atoms with van der Waals surface area (Å²) in [7, 11) is 0. The van der Waals surface area contributed by atoms with Crippen molar-refractivity contribution in [2.45, 2.75) is 20.3 Å². The highest BCUT2D eigenvalue weighted by Crippen LogP contribution is 2.40. The van der Waals surface area contributed by atoms with Crippen molar-refractivity contribution >= 4 is 12.1 Å². The van der Waals surface area contributed by atoms with E-state index in [0.717, 1.165) is 17.5 Å². The summed E-state index contributed by atoms with van der Waals surface area (Å²) in [6.45, 7) is 8.09. The summed E-state index contributed by atoms with van der Waals surface area (Å²) in [6.07, 6.45) is 1.66. The molecule has 1 aliphatic rings. The SMILES string of the molecule is C=CC(=O)Oc1cccc2c1Cc1ccccc1-2.CCNC(=O)OCC. The molecule has 1 N–H and O–H groups in total. The first kappa shape index (κ1) is 19.2. The number of rotatable bonds is 4. The minimum atomic E-state index is -0.417. The molecule has 0 saturated carbocycles. The van der Waals surface area contributed by atoms with E-state index in [1.807, 2.05) is 31.2 Å². The Morgan fingerprint density at radius 1 is 1.12 bits per heavy atom. The molecule has 5 heteroatoms. The van der Waals surface area contributed by atoms with Gasteiger partial charge in [0.05, 0.1) is 6.61 Å². The summed E-state index contributed by atoms with van der Waals surface area (Å²) in [6, 6.07) is 14.1. The summed E-state index contributed by atoms with van der Waals surface area (Å²) >= 11 is 0. The van der Waals surface area contributed by atoms with Crippen LogP contribution in [-0.4, -0.2) is 25.2 Å². The maximum absolute atomic E-state index is 11.3. The van der Waals surface area contributed by atoms with E-state index in [-0.39, 0.29) is 6.09 Å². The van der Waals surface area contributed by atoms with Crippen LogP contribution in [0.5, 0.6) is 5.75 Å². The number of hydrogen-bond acceptors (Lipinski definition) is 4. The standard InChI is InChI=1S/C16H12O2.C5H11NO2/c1-2-16(17)18-15-9-5-8-13-12-7-4-3-6-11(12)10-14(13)15;1-3-6-5(7)8-4-2/h2-9H,1,10H2;3-4H2,1-2H3,(H,6,7). The van der Waals surface area contributed by atoms with Gasteiger partial charge >= 0.3 is 12.1 Å². The molecule has 1 amide bonds. The Morgan fingerprint density at radius 3 is 2.54 bits per heavy atom. The Kier molecular flexibility index (Phi) is 6.97. The van der Waals surface area contributed by atoms with Gasteiger partial charge in [-0.3, -0.25) is 0 Å². The lowest BCUT2D eigenvalue weighted by molar-refractivity contribution is -0.129. The number of carbonyl (C=O) groups is 2. The number of alkyl carbamates (subject to hydrolysis) is 1. The average Bonchev–Trinajstić information content (AvgIpc) is 3.02. The summed E-state index contributed by atoms with van der Waals surface area (Å²) < 4.78 is 9.81. The van der Waals surface area contributed by atoms with Crippen LogP contribution in [0.4, 0.5) is 4.79 Å². The molecular weight excluding hydrogens is 330 g/mol. The summed E-state index contributed by atoms with van der Waals surface area (Å²) in [5.74, 6) is 0.216. The molecule has 0 unspecified atom stereocenters. The molecule has 1 aliphatic carbocycles. The number of ether oxygens (including phenoxy) is 2. The van der Waals surface area contributed by atoms with E-state index < -0.39 is 5.97 Å². The molecule has 0 radical (unpaired) electrons. The average molecular weight is 353 g/mol. The van der Waals surface area contributed by atoms with Gasteiger partial charge in [0.2, 0.25) is 0 Å². The van der Waals surface area contributed by atoms with Crippen molar-refractivity contribution in [3.8, 4) is 16.9 Å². The quantitative estimate of drug-likeness (QED) is 0.436. The molecule has 0 saturated heterocycles. The highest BCUT2D eigenvalue weighted by atomic mass is 16.5. The summed E-state index contributed by atoms with van der Waals surface area (Å²) in [5.41, 5.74) is 4.73. The molecule has 0 aromatic heterocycles. The van der Waals surface area contributed by atoms with Crippen LogP contribution in [0.25, 0.3) is 11.1 Å². The van der Waals surface area contributed by atoms with Crippen molar-refractivity contribution in [2.24, 2.45) is 0 Å². The lowest BCUT2D eigenvalue weighted by atomic mass is 10.1. The molecule has 0 bridgehead atoms. The highest BCUT2D eigenvalue weighted by Gasteiger charge is 2.21. The van der Waals surface area contributed by atoms with E-state index in [0.29, 0.717) is 18.9 Å². The van der Waals surface area contributed by atoms with Crippen molar-refractivity contribution in [3.63, 3.8) is 0 Å². The molecule has 0 spiro atoms. The maximum atomic E-state index is 11.3. The van der Waals surface area contributed by atoms with Crippen molar-refractivity contribution < 1.29 is 19.1 Å². The predicted molar refractivity (Wildman–Crippen MR) is 101 cm³/mol. The van der Waals surface area contributed by atoms with Gasteiger partial charge in [-0.1, -0.05) is 43.0 Å². The van der Waals surface area contributed by atoms with Crippen LogP contribution in [0.15, 0.2) is 55.1 Å². The second kappa shape index (κ2) is 9.42. The molecule has 0 aliphatic heterocycles. The topological polar surface area (TPSA) is 64.6 Å². The lowest BCUT2D eigenvalue weighted by Gasteiger charge is -2.07. The van der Waals surface area contributed by atoms with Gasteiger partial charge in [-0.15, -0.1) is 0 Å². The number of carbonyl (C=O) groups excluding carboxylic acids is 2. The molecule has 136 valence electrons. The Balaban J connectivity index is 0.000000260. The Morgan fingerprint density at radius 2 is 1.85 bits per heavy atom. The largest absolute Gasteiger partial charge is 0.450 e. The molecular formula is C21H23NO4. The molecule has 2 aromatic carbocycles. The van der Waals surface area contributed by atoms with Crippen LogP contribution < -0.4 is 10.1 Å². The van der Waals surface area contributed by atoms with Crippen molar-refractivity contribution in [2.75, 3.05) is 13.2 Å². The molecule has 26 heavy (non-hydrogen) atoms. The van der Waals surface area contributed by atoms with E-state index in [1.165, 1.54) is 17.2 Å².